The largest absolute Gasteiger partial charge is 0.467 e. The van der Waals surface area contributed by atoms with Crippen molar-refractivity contribution < 1.29 is 24.0 Å². The van der Waals surface area contributed by atoms with E-state index >= 15 is 0 Å². The second-order valence-corrected chi connectivity index (χ2v) is 7.33. The van der Waals surface area contributed by atoms with Crippen LogP contribution in [0.15, 0.2) is 29.6 Å². The Bertz CT molecular complexity index is 944. The van der Waals surface area contributed by atoms with E-state index in [1.54, 1.807) is 19.1 Å². The van der Waals surface area contributed by atoms with Crippen LogP contribution < -0.4 is 10.1 Å². The van der Waals surface area contributed by atoms with E-state index in [9.17, 15) is 19.7 Å². The fourth-order valence-corrected chi connectivity index (χ4v) is 4.08. The lowest BCUT2D eigenvalue weighted by Crippen LogP contribution is -2.40. The summed E-state index contributed by atoms with van der Waals surface area (Å²) in [5.41, 5.74) is -0.401. The minimum absolute atomic E-state index is 0.00483. The number of benzene rings is 1. The number of fused-ring (bicyclic) bond motifs is 1. The molecule has 4 rings (SSSR count). The molecular formula is C17H15N3O6S. The molecule has 1 aromatic carbocycles. The van der Waals surface area contributed by atoms with Gasteiger partial charge in [0.05, 0.1) is 18.1 Å². The molecule has 0 spiro atoms. The molecule has 9 nitrogen and oxygen atoms in total. The lowest BCUT2D eigenvalue weighted by Gasteiger charge is -2.23. The molecule has 1 atom stereocenters. The van der Waals surface area contributed by atoms with E-state index in [2.05, 4.69) is 5.32 Å². The number of nitrogens with one attached hydrogen (secondary N) is 1. The average Bonchev–Trinajstić information content (AvgIpc) is 3.26. The first-order valence-electron chi connectivity index (χ1n) is 8.09. The number of non-ortho nitro benzene ring substituents is 1. The molecule has 2 aromatic rings. The van der Waals surface area contributed by atoms with Crippen molar-refractivity contribution in [3.8, 4) is 5.75 Å². The van der Waals surface area contributed by atoms with Gasteiger partial charge in [0.25, 0.3) is 11.6 Å². The van der Waals surface area contributed by atoms with Crippen LogP contribution in [0.3, 0.4) is 0 Å². The van der Waals surface area contributed by atoms with Crippen molar-refractivity contribution in [1.82, 2.24) is 10.2 Å². The molecule has 1 N–H and O–H groups in total. The summed E-state index contributed by atoms with van der Waals surface area (Å²) in [4.78, 5) is 37.9. The summed E-state index contributed by atoms with van der Waals surface area (Å²) in [5.74, 6) is -0.000516. The van der Waals surface area contributed by atoms with Crippen molar-refractivity contribution >= 4 is 29.0 Å². The van der Waals surface area contributed by atoms with Gasteiger partial charge in [-0.05, 0) is 18.4 Å². The summed E-state index contributed by atoms with van der Waals surface area (Å²) < 4.78 is 10.7. The minimum atomic E-state index is -1.16. The molecule has 3 amide bonds. The number of rotatable bonds is 4. The molecule has 0 bridgehead atoms. The Hall–Kier alpha value is -2.98. The highest BCUT2D eigenvalue weighted by atomic mass is 32.1. The summed E-state index contributed by atoms with van der Waals surface area (Å²) in [6.45, 7) is 1.68. The average molecular weight is 389 g/mol. The number of nitro benzene ring substituents is 1. The first-order chi connectivity index (χ1) is 12.9. The molecule has 140 valence electrons. The highest BCUT2D eigenvalue weighted by Gasteiger charge is 2.49. The second kappa shape index (κ2) is 6.32. The van der Waals surface area contributed by atoms with E-state index in [1.165, 1.54) is 23.5 Å². The number of hydrogen-bond acceptors (Lipinski definition) is 7. The molecule has 3 heterocycles. The molecule has 1 fully saturated rings. The standard InChI is InChI=1S/C17H15N3O6S/c1-17(13-3-2-4-27-13)15(21)19(16(22)18-17)7-10-5-12(20(23)24)6-11-8-25-9-26-14(10)11/h2-6H,7-9H2,1H3,(H,18,22). The molecule has 10 heteroatoms. The van der Waals surface area contributed by atoms with E-state index in [1.807, 2.05) is 5.38 Å². The normalized spacial score (nSPS) is 21.6. The summed E-state index contributed by atoms with van der Waals surface area (Å²) in [6, 6.07) is 5.73. The minimum Gasteiger partial charge on any atom is -0.467 e. The quantitative estimate of drug-likeness (QED) is 0.489. The topological polar surface area (TPSA) is 111 Å². The predicted molar refractivity (Wildman–Crippen MR) is 94.1 cm³/mol. The Morgan fingerprint density at radius 3 is 2.93 bits per heavy atom. The Balaban J connectivity index is 1.70. The zero-order chi connectivity index (χ0) is 19.2. The number of carbonyl (C=O) groups excluding carboxylic acids is 2. The van der Waals surface area contributed by atoms with Crippen molar-refractivity contribution in [2.45, 2.75) is 25.6 Å². The monoisotopic (exact) mass is 389 g/mol. The summed E-state index contributed by atoms with van der Waals surface area (Å²) in [7, 11) is 0. The molecule has 0 radical (unpaired) electrons. The first kappa shape index (κ1) is 17.4. The van der Waals surface area contributed by atoms with E-state index in [4.69, 9.17) is 9.47 Å². The van der Waals surface area contributed by atoms with Crippen molar-refractivity contribution in [2.24, 2.45) is 0 Å². The van der Waals surface area contributed by atoms with Crippen LogP contribution in [0.1, 0.15) is 22.9 Å². The van der Waals surface area contributed by atoms with Gasteiger partial charge in [-0.1, -0.05) is 6.07 Å². The maximum atomic E-state index is 13.0. The van der Waals surface area contributed by atoms with Gasteiger partial charge in [-0.3, -0.25) is 19.8 Å². The molecule has 2 aliphatic rings. The van der Waals surface area contributed by atoms with Gasteiger partial charge in [0.2, 0.25) is 0 Å². The van der Waals surface area contributed by atoms with Crippen LogP contribution in [0.4, 0.5) is 10.5 Å². The van der Waals surface area contributed by atoms with Crippen LogP contribution in [0, 0.1) is 10.1 Å². The van der Waals surface area contributed by atoms with E-state index < -0.39 is 22.4 Å². The SMILES string of the molecule is CC1(c2cccs2)NC(=O)N(Cc2cc([N+](=O)[O-])cc3c2OCOC3)C1=O. The van der Waals surface area contributed by atoms with Crippen molar-refractivity contribution in [2.75, 3.05) is 6.79 Å². The smallest absolute Gasteiger partial charge is 0.325 e. The molecule has 1 unspecified atom stereocenters. The van der Waals surface area contributed by atoms with E-state index in [0.717, 1.165) is 4.90 Å². The molecule has 27 heavy (non-hydrogen) atoms. The lowest BCUT2D eigenvalue weighted by atomic mass is 10.00. The Labute approximate surface area is 157 Å². The highest BCUT2D eigenvalue weighted by molar-refractivity contribution is 7.10. The van der Waals surface area contributed by atoms with E-state index in [-0.39, 0.29) is 25.6 Å². The van der Waals surface area contributed by atoms with Crippen molar-refractivity contribution in [3.63, 3.8) is 0 Å². The van der Waals surface area contributed by atoms with Gasteiger partial charge in [-0.25, -0.2) is 4.79 Å². The van der Waals surface area contributed by atoms with Crippen LogP contribution >= 0.6 is 11.3 Å². The van der Waals surface area contributed by atoms with Crippen molar-refractivity contribution in [1.29, 1.82) is 0 Å². The third kappa shape index (κ3) is 2.82. The molecule has 0 saturated carbocycles. The van der Waals surface area contributed by atoms with Crippen LogP contribution in [0.5, 0.6) is 5.75 Å². The number of nitrogens with zero attached hydrogens (tertiary/aromatic N) is 2. The fraction of sp³-hybridized carbons (Fsp3) is 0.294. The number of thiophene rings is 1. The highest BCUT2D eigenvalue weighted by Crippen LogP contribution is 2.36. The zero-order valence-electron chi connectivity index (χ0n) is 14.3. The van der Waals surface area contributed by atoms with Gasteiger partial charge in [0.1, 0.15) is 5.75 Å². The van der Waals surface area contributed by atoms with E-state index in [0.29, 0.717) is 21.8 Å². The zero-order valence-corrected chi connectivity index (χ0v) is 15.1. The predicted octanol–water partition coefficient (Wildman–Crippen LogP) is 2.49. The lowest BCUT2D eigenvalue weighted by molar-refractivity contribution is -0.385. The van der Waals surface area contributed by atoms with Gasteiger partial charge < -0.3 is 14.8 Å². The third-order valence-electron chi connectivity index (χ3n) is 4.60. The summed E-state index contributed by atoms with van der Waals surface area (Å²) >= 11 is 1.37. The van der Waals surface area contributed by atoms with Gasteiger partial charge in [-0.2, -0.15) is 0 Å². The second-order valence-electron chi connectivity index (χ2n) is 6.38. The third-order valence-corrected chi connectivity index (χ3v) is 5.69. The fourth-order valence-electron chi connectivity index (χ4n) is 3.24. The Kier molecular flexibility index (Phi) is 4.08. The van der Waals surface area contributed by atoms with Crippen molar-refractivity contribution in [3.05, 3.63) is 55.8 Å². The summed E-state index contributed by atoms with van der Waals surface area (Å²) in [5, 5.41) is 15.8. The van der Waals surface area contributed by atoms with Gasteiger partial charge in [0, 0.05) is 28.1 Å². The molecule has 1 saturated heterocycles. The number of carbonyl (C=O) groups is 2. The first-order valence-corrected chi connectivity index (χ1v) is 8.97. The molecule has 2 aliphatic heterocycles. The summed E-state index contributed by atoms with van der Waals surface area (Å²) in [6.07, 6.45) is 0. The number of imide groups is 1. The van der Waals surface area contributed by atoms with Crippen LogP contribution in [-0.4, -0.2) is 28.6 Å². The number of hydrogen-bond donors (Lipinski definition) is 1. The maximum Gasteiger partial charge on any atom is 0.325 e. The van der Waals surface area contributed by atoms with Gasteiger partial charge >= 0.3 is 6.03 Å². The molecule has 0 aliphatic carbocycles. The number of nitro groups is 1. The van der Waals surface area contributed by atoms with Crippen LogP contribution in [0.2, 0.25) is 0 Å². The number of ether oxygens (including phenoxy) is 2. The van der Waals surface area contributed by atoms with Crippen LogP contribution in [-0.2, 0) is 28.2 Å². The molecule has 1 aromatic heterocycles. The van der Waals surface area contributed by atoms with Gasteiger partial charge in [0.15, 0.2) is 12.3 Å². The maximum absolute atomic E-state index is 13.0. The Morgan fingerprint density at radius 1 is 1.41 bits per heavy atom. The van der Waals surface area contributed by atoms with Crippen LogP contribution in [0.25, 0.3) is 0 Å². The number of urea groups is 1. The molecular weight excluding hydrogens is 374 g/mol. The van der Waals surface area contributed by atoms with Gasteiger partial charge in [-0.15, -0.1) is 11.3 Å². The Morgan fingerprint density at radius 2 is 2.22 bits per heavy atom. The number of amides is 3.